The lowest BCUT2D eigenvalue weighted by Gasteiger charge is -2.24. The van der Waals surface area contributed by atoms with Crippen molar-refractivity contribution >= 4 is 5.91 Å². The van der Waals surface area contributed by atoms with E-state index in [0.29, 0.717) is 25.3 Å². The van der Waals surface area contributed by atoms with E-state index in [2.05, 4.69) is 44.8 Å². The van der Waals surface area contributed by atoms with Crippen molar-refractivity contribution in [1.82, 2.24) is 9.88 Å². The Morgan fingerprint density at radius 1 is 1.09 bits per heavy atom. The van der Waals surface area contributed by atoms with E-state index in [9.17, 15) is 4.79 Å². The van der Waals surface area contributed by atoms with Gasteiger partial charge in [-0.3, -0.25) is 9.78 Å². The molecular formula is C28H36N2O3. The molecular weight excluding hydrogens is 412 g/mol. The third-order valence-electron chi connectivity index (χ3n) is 6.33. The van der Waals surface area contributed by atoms with E-state index < -0.39 is 0 Å². The smallest absolute Gasteiger partial charge is 0.289 e. The zero-order chi connectivity index (χ0) is 23.8. The highest BCUT2D eigenvalue weighted by molar-refractivity contribution is 5.91. The number of methoxy groups -OCH3 is 1. The van der Waals surface area contributed by atoms with Gasteiger partial charge in [0.25, 0.3) is 5.91 Å². The van der Waals surface area contributed by atoms with Crippen molar-refractivity contribution in [2.45, 2.75) is 58.8 Å². The summed E-state index contributed by atoms with van der Waals surface area (Å²) in [7, 11) is 1.69. The molecule has 0 radical (unpaired) electrons. The number of aromatic nitrogens is 1. The number of amides is 1. The van der Waals surface area contributed by atoms with Crippen LogP contribution >= 0.6 is 0 Å². The molecule has 0 atom stereocenters. The van der Waals surface area contributed by atoms with Gasteiger partial charge < -0.3 is 14.1 Å². The van der Waals surface area contributed by atoms with Crippen LogP contribution in [0.25, 0.3) is 0 Å². The lowest BCUT2D eigenvalue weighted by atomic mass is 9.81. The third kappa shape index (κ3) is 6.25. The maximum atomic E-state index is 13.2. The van der Waals surface area contributed by atoms with Gasteiger partial charge in [0.2, 0.25) is 0 Å². The van der Waals surface area contributed by atoms with Crippen molar-refractivity contribution in [3.05, 3.63) is 83.1 Å². The Labute approximate surface area is 197 Å². The maximum Gasteiger partial charge on any atom is 0.289 e. The Balaban J connectivity index is 1.75. The Morgan fingerprint density at radius 3 is 2.58 bits per heavy atom. The molecule has 0 saturated carbocycles. The molecule has 0 spiro atoms. The van der Waals surface area contributed by atoms with Crippen LogP contribution in [0.1, 0.15) is 73.7 Å². The van der Waals surface area contributed by atoms with Crippen molar-refractivity contribution in [3.63, 3.8) is 0 Å². The number of benzene rings is 1. The van der Waals surface area contributed by atoms with Gasteiger partial charge in [-0.05, 0) is 54.2 Å². The highest BCUT2D eigenvalue weighted by Crippen LogP contribution is 2.32. The van der Waals surface area contributed by atoms with E-state index in [0.717, 1.165) is 42.0 Å². The fourth-order valence-electron chi connectivity index (χ4n) is 3.85. The molecule has 2 heterocycles. The van der Waals surface area contributed by atoms with E-state index in [-0.39, 0.29) is 11.3 Å². The van der Waals surface area contributed by atoms with Crippen molar-refractivity contribution in [1.29, 1.82) is 0 Å². The summed E-state index contributed by atoms with van der Waals surface area (Å²) in [5.41, 5.74) is 3.39. The number of furan rings is 1. The van der Waals surface area contributed by atoms with Crippen LogP contribution in [0.4, 0.5) is 0 Å². The zero-order valence-corrected chi connectivity index (χ0v) is 20.6. The van der Waals surface area contributed by atoms with E-state index in [1.165, 1.54) is 5.56 Å². The molecule has 2 aromatic heterocycles. The molecule has 0 unspecified atom stereocenters. The average molecular weight is 449 g/mol. The topological polar surface area (TPSA) is 55.6 Å². The molecule has 0 aliphatic rings. The normalized spacial score (nSPS) is 11.4. The molecule has 0 saturated heterocycles. The molecule has 33 heavy (non-hydrogen) atoms. The summed E-state index contributed by atoms with van der Waals surface area (Å²) >= 11 is 0. The van der Waals surface area contributed by atoms with Gasteiger partial charge in [0.15, 0.2) is 5.76 Å². The van der Waals surface area contributed by atoms with Crippen LogP contribution in [0.15, 0.2) is 59.1 Å². The molecule has 1 aromatic carbocycles. The number of carbonyl (C=O) groups excluding carboxylic acids is 1. The number of ether oxygens (including phenoxy) is 1. The molecule has 0 N–H and O–H groups in total. The number of carbonyl (C=O) groups is 1. The van der Waals surface area contributed by atoms with Crippen molar-refractivity contribution in [2.24, 2.45) is 0 Å². The Bertz CT molecular complexity index is 1040. The Morgan fingerprint density at radius 2 is 1.91 bits per heavy atom. The molecule has 3 rings (SSSR count). The summed E-state index contributed by atoms with van der Waals surface area (Å²) in [6.45, 7) is 10.1. The van der Waals surface area contributed by atoms with E-state index >= 15 is 0 Å². The van der Waals surface area contributed by atoms with Crippen LogP contribution in [0, 0.1) is 0 Å². The van der Waals surface area contributed by atoms with Crippen LogP contribution < -0.4 is 4.74 Å². The number of pyridine rings is 1. The largest absolute Gasteiger partial charge is 0.496 e. The Hall–Kier alpha value is -3.08. The fourth-order valence-corrected chi connectivity index (χ4v) is 3.85. The van der Waals surface area contributed by atoms with Crippen molar-refractivity contribution in [3.8, 4) is 5.75 Å². The lowest BCUT2D eigenvalue weighted by Crippen LogP contribution is -2.33. The molecule has 176 valence electrons. The van der Waals surface area contributed by atoms with E-state index in [1.54, 1.807) is 19.4 Å². The first-order chi connectivity index (χ1) is 15.9. The van der Waals surface area contributed by atoms with E-state index in [4.69, 9.17) is 9.15 Å². The summed E-state index contributed by atoms with van der Waals surface area (Å²) in [6.07, 6.45) is 5.01. The van der Waals surface area contributed by atoms with Gasteiger partial charge in [-0.15, -0.1) is 0 Å². The van der Waals surface area contributed by atoms with Crippen LogP contribution in [0.5, 0.6) is 5.75 Å². The summed E-state index contributed by atoms with van der Waals surface area (Å²) < 4.78 is 11.6. The molecule has 0 aliphatic heterocycles. The fraction of sp³-hybridized carbons (Fsp3) is 0.429. The minimum atomic E-state index is -0.0770. The lowest BCUT2D eigenvalue weighted by molar-refractivity contribution is 0.0723. The maximum absolute atomic E-state index is 13.2. The van der Waals surface area contributed by atoms with Crippen molar-refractivity contribution < 1.29 is 13.9 Å². The summed E-state index contributed by atoms with van der Waals surface area (Å²) in [6, 6.07) is 15.9. The minimum Gasteiger partial charge on any atom is -0.496 e. The van der Waals surface area contributed by atoms with Crippen LogP contribution in [0.3, 0.4) is 0 Å². The number of nitrogens with zero attached hydrogens (tertiary/aromatic N) is 2. The number of rotatable bonds is 11. The first-order valence-electron chi connectivity index (χ1n) is 11.8. The Kier molecular flexibility index (Phi) is 8.32. The molecule has 0 bridgehead atoms. The van der Waals surface area contributed by atoms with Crippen LogP contribution in [-0.4, -0.2) is 36.0 Å². The second-order valence-electron chi connectivity index (χ2n) is 9.07. The highest BCUT2D eigenvalue weighted by atomic mass is 16.5. The predicted octanol–water partition coefficient (Wildman–Crippen LogP) is 6.06. The standard InChI is InChI=1S/C28H36N2O3/c1-6-17-30(18-15-23-10-8-9-16-29-23)27(31)26-14-12-24(33-26)20-21-19-22(28(3,4)7-2)11-13-25(21)32-5/h8-14,16,19H,6-7,15,17-18,20H2,1-5H3. The molecule has 5 nitrogen and oxygen atoms in total. The van der Waals surface area contributed by atoms with Gasteiger partial charge in [0.1, 0.15) is 11.5 Å². The molecule has 1 amide bonds. The first-order valence-corrected chi connectivity index (χ1v) is 11.8. The number of hydrogen-bond donors (Lipinski definition) is 0. The van der Waals surface area contributed by atoms with Gasteiger partial charge in [-0.25, -0.2) is 0 Å². The van der Waals surface area contributed by atoms with Crippen LogP contribution in [0.2, 0.25) is 0 Å². The summed E-state index contributed by atoms with van der Waals surface area (Å²) in [4.78, 5) is 19.4. The highest BCUT2D eigenvalue weighted by Gasteiger charge is 2.22. The van der Waals surface area contributed by atoms with Crippen molar-refractivity contribution in [2.75, 3.05) is 20.2 Å². The molecule has 5 heteroatoms. The monoisotopic (exact) mass is 448 g/mol. The van der Waals surface area contributed by atoms with Gasteiger partial charge in [0.05, 0.1) is 7.11 Å². The quantitative estimate of drug-likeness (QED) is 0.358. The zero-order valence-electron chi connectivity index (χ0n) is 20.6. The van der Waals surface area contributed by atoms with Gasteiger partial charge in [-0.1, -0.05) is 45.9 Å². The first kappa shape index (κ1) is 24.6. The minimum absolute atomic E-state index is 0.0770. The number of hydrogen-bond acceptors (Lipinski definition) is 4. The van der Waals surface area contributed by atoms with Gasteiger partial charge >= 0.3 is 0 Å². The SMILES string of the molecule is CCCN(CCc1ccccn1)C(=O)c1ccc(Cc2cc(C(C)(C)CC)ccc2OC)o1. The van der Waals surface area contributed by atoms with Crippen LogP contribution in [-0.2, 0) is 18.3 Å². The van der Waals surface area contributed by atoms with Gasteiger partial charge in [-0.2, -0.15) is 0 Å². The summed E-state index contributed by atoms with van der Waals surface area (Å²) in [5, 5.41) is 0. The molecule has 3 aromatic rings. The molecule has 0 aliphatic carbocycles. The van der Waals surface area contributed by atoms with Gasteiger partial charge in [0, 0.05) is 43.4 Å². The van der Waals surface area contributed by atoms with E-state index in [1.807, 2.05) is 35.2 Å². The average Bonchev–Trinajstić information content (AvgIpc) is 3.30. The molecule has 0 fully saturated rings. The second-order valence-corrected chi connectivity index (χ2v) is 9.07. The third-order valence-corrected chi connectivity index (χ3v) is 6.33. The predicted molar refractivity (Wildman–Crippen MR) is 132 cm³/mol. The second kappa shape index (κ2) is 11.2. The summed E-state index contributed by atoms with van der Waals surface area (Å²) in [5.74, 6) is 1.89.